The molecule has 5 heteroatoms. The zero-order valence-electron chi connectivity index (χ0n) is 10.6. The maximum Gasteiger partial charge on any atom is 0.354 e. The van der Waals surface area contributed by atoms with Crippen LogP contribution in [0.4, 0.5) is 4.79 Å². The van der Waals surface area contributed by atoms with Gasteiger partial charge in [-0.15, -0.1) is 10.0 Å². The molecule has 1 aromatic rings. The summed E-state index contributed by atoms with van der Waals surface area (Å²) in [5.74, 6) is 0.983. The van der Waals surface area contributed by atoms with Crippen molar-refractivity contribution in [2.24, 2.45) is 0 Å². The van der Waals surface area contributed by atoms with E-state index in [9.17, 15) is 9.59 Å². The lowest BCUT2D eigenvalue weighted by molar-refractivity contribution is -0.114. The summed E-state index contributed by atoms with van der Waals surface area (Å²) in [4.78, 5) is 23.6. The van der Waals surface area contributed by atoms with E-state index >= 15 is 0 Å². The molecule has 102 valence electrons. The van der Waals surface area contributed by atoms with Crippen LogP contribution >= 0.6 is 21.6 Å². The fourth-order valence-electron chi connectivity index (χ4n) is 2.07. The molecule has 1 aliphatic heterocycles. The van der Waals surface area contributed by atoms with Crippen molar-refractivity contribution < 1.29 is 14.3 Å². The molecule has 0 saturated carbocycles. The third-order valence-corrected chi connectivity index (χ3v) is 7.48. The first-order valence-corrected chi connectivity index (χ1v) is 8.24. The molecule has 2 rings (SSSR count). The Labute approximate surface area is 118 Å². The van der Waals surface area contributed by atoms with Crippen LogP contribution in [0.25, 0.3) is 0 Å². The molecular weight excluding hydrogens is 284 g/mol. The Hall–Kier alpha value is -1.26. The molecule has 0 spiro atoms. The minimum absolute atomic E-state index is 0.0231. The molecule has 1 atom stereocenters. The molecule has 0 amide bonds. The van der Waals surface area contributed by atoms with Crippen LogP contribution in [-0.2, 0) is 15.3 Å². The third kappa shape index (κ3) is 2.85. The van der Waals surface area contributed by atoms with Gasteiger partial charge in [-0.3, -0.25) is 4.79 Å². The van der Waals surface area contributed by atoms with Crippen LogP contribution in [0.3, 0.4) is 0 Å². The van der Waals surface area contributed by atoms with Gasteiger partial charge in [-0.2, -0.15) is 0 Å². The van der Waals surface area contributed by atoms with Crippen molar-refractivity contribution in [3.8, 4) is 0 Å². The number of hydrogen-bond donors (Lipinski definition) is 0. The SMILES string of the molecule is COC(=O)S1(Cc2ccccc2)CCC(=O)C=C1Cl. The summed E-state index contributed by atoms with van der Waals surface area (Å²) in [6.45, 7) is 0. The van der Waals surface area contributed by atoms with Gasteiger partial charge in [-0.05, 0) is 11.3 Å². The van der Waals surface area contributed by atoms with Crippen molar-refractivity contribution in [2.45, 2.75) is 12.2 Å². The first-order chi connectivity index (χ1) is 9.08. The number of allylic oxidation sites excluding steroid dienone is 1. The standard InChI is InChI=1S/C14H15ClO3S/c1-18-14(17)19(8-7-12(16)9-13(19)15)10-11-5-3-2-4-6-11/h2-6,9H,7-8,10H2,1H3. The van der Waals surface area contributed by atoms with Gasteiger partial charge in [-0.25, -0.2) is 4.79 Å². The van der Waals surface area contributed by atoms with Crippen molar-refractivity contribution in [1.29, 1.82) is 0 Å². The molecule has 0 aliphatic carbocycles. The number of carbonyl (C=O) groups excluding carboxylic acids is 2. The van der Waals surface area contributed by atoms with E-state index in [1.54, 1.807) is 0 Å². The average Bonchev–Trinajstić information content (AvgIpc) is 2.42. The summed E-state index contributed by atoms with van der Waals surface area (Å²) in [7, 11) is -0.583. The summed E-state index contributed by atoms with van der Waals surface area (Å²) in [5.41, 5.74) is 1.03. The number of ketones is 1. The van der Waals surface area contributed by atoms with Crippen LogP contribution in [0.5, 0.6) is 0 Å². The summed E-state index contributed by atoms with van der Waals surface area (Å²) >= 11 is 6.23. The fraction of sp³-hybridized carbons (Fsp3) is 0.286. The van der Waals surface area contributed by atoms with Gasteiger partial charge in [0, 0.05) is 18.2 Å². The van der Waals surface area contributed by atoms with E-state index in [0.717, 1.165) is 5.56 Å². The van der Waals surface area contributed by atoms with Gasteiger partial charge in [0.1, 0.15) is 0 Å². The zero-order valence-corrected chi connectivity index (χ0v) is 12.2. The molecule has 19 heavy (non-hydrogen) atoms. The first kappa shape index (κ1) is 14.2. The Morgan fingerprint density at radius 1 is 1.37 bits per heavy atom. The molecule has 1 aromatic carbocycles. The van der Waals surface area contributed by atoms with Gasteiger partial charge in [0.15, 0.2) is 5.78 Å². The van der Waals surface area contributed by atoms with E-state index in [-0.39, 0.29) is 11.1 Å². The number of methoxy groups -OCH3 is 1. The van der Waals surface area contributed by atoms with Crippen molar-refractivity contribution in [3.63, 3.8) is 0 Å². The minimum atomic E-state index is -1.95. The smallest absolute Gasteiger partial charge is 0.354 e. The fourth-order valence-corrected chi connectivity index (χ4v) is 5.68. The molecule has 0 N–H and O–H groups in total. The van der Waals surface area contributed by atoms with Gasteiger partial charge in [0.2, 0.25) is 0 Å². The number of hydrogen-bond acceptors (Lipinski definition) is 3. The number of halogens is 1. The summed E-state index contributed by atoms with van der Waals surface area (Å²) in [5, 5.41) is -0.301. The molecular formula is C14H15ClO3S. The highest BCUT2D eigenvalue weighted by Gasteiger charge is 2.40. The molecule has 1 heterocycles. The van der Waals surface area contributed by atoms with E-state index in [4.69, 9.17) is 16.3 Å². The van der Waals surface area contributed by atoms with Crippen molar-refractivity contribution in [2.75, 3.05) is 12.9 Å². The second-order valence-electron chi connectivity index (χ2n) is 4.34. The van der Waals surface area contributed by atoms with Gasteiger partial charge >= 0.3 is 5.30 Å². The van der Waals surface area contributed by atoms with E-state index in [0.29, 0.717) is 22.3 Å². The van der Waals surface area contributed by atoms with E-state index < -0.39 is 10.0 Å². The van der Waals surface area contributed by atoms with E-state index in [1.807, 2.05) is 30.3 Å². The highest BCUT2D eigenvalue weighted by molar-refractivity contribution is 8.48. The predicted molar refractivity (Wildman–Crippen MR) is 78.6 cm³/mol. The lowest BCUT2D eigenvalue weighted by Gasteiger charge is -2.38. The third-order valence-electron chi connectivity index (χ3n) is 3.09. The van der Waals surface area contributed by atoms with Gasteiger partial charge in [-0.1, -0.05) is 41.9 Å². The lowest BCUT2D eigenvalue weighted by atomic mass is 10.2. The summed E-state index contributed by atoms with van der Waals surface area (Å²) in [6, 6.07) is 9.68. The zero-order chi connectivity index (χ0) is 13.9. The van der Waals surface area contributed by atoms with Gasteiger partial charge < -0.3 is 4.74 Å². The quantitative estimate of drug-likeness (QED) is 0.780. The molecule has 0 fully saturated rings. The predicted octanol–water partition coefficient (Wildman–Crippen LogP) is 3.81. The molecule has 1 aliphatic rings. The number of carbonyl (C=O) groups is 2. The molecule has 0 radical (unpaired) electrons. The van der Waals surface area contributed by atoms with Crippen LogP contribution in [0.2, 0.25) is 0 Å². The number of rotatable bonds is 2. The Morgan fingerprint density at radius 3 is 2.63 bits per heavy atom. The maximum atomic E-state index is 12.2. The van der Waals surface area contributed by atoms with Crippen LogP contribution in [0.15, 0.2) is 40.8 Å². The Balaban J connectivity index is 2.39. The molecule has 1 unspecified atom stereocenters. The second kappa shape index (κ2) is 5.80. The Bertz CT molecular complexity index is 527. The second-order valence-corrected chi connectivity index (χ2v) is 8.20. The normalized spacial score (nSPS) is 26.2. The van der Waals surface area contributed by atoms with Crippen molar-refractivity contribution >= 4 is 32.7 Å². The highest BCUT2D eigenvalue weighted by Crippen LogP contribution is 2.62. The first-order valence-electron chi connectivity index (χ1n) is 5.89. The van der Waals surface area contributed by atoms with E-state index in [1.165, 1.54) is 13.2 Å². The lowest BCUT2D eigenvalue weighted by Crippen LogP contribution is -2.23. The molecule has 0 aromatic heterocycles. The van der Waals surface area contributed by atoms with Crippen molar-refractivity contribution in [1.82, 2.24) is 0 Å². The maximum absolute atomic E-state index is 12.2. The minimum Gasteiger partial charge on any atom is -0.462 e. The largest absolute Gasteiger partial charge is 0.462 e. The number of ether oxygens (including phenoxy) is 1. The van der Waals surface area contributed by atoms with Gasteiger partial charge in [0.05, 0.1) is 11.5 Å². The van der Waals surface area contributed by atoms with E-state index in [2.05, 4.69) is 0 Å². The summed E-state index contributed by atoms with van der Waals surface area (Å²) < 4.78 is 5.29. The van der Waals surface area contributed by atoms with Gasteiger partial charge in [0.25, 0.3) is 0 Å². The molecule has 3 nitrogen and oxygen atoms in total. The van der Waals surface area contributed by atoms with Crippen LogP contribution in [0.1, 0.15) is 12.0 Å². The topological polar surface area (TPSA) is 43.4 Å². The average molecular weight is 299 g/mol. The Kier molecular flexibility index (Phi) is 4.32. The van der Waals surface area contributed by atoms with Crippen LogP contribution in [0, 0.1) is 0 Å². The Morgan fingerprint density at radius 2 is 2.05 bits per heavy atom. The highest BCUT2D eigenvalue weighted by atomic mass is 35.5. The monoisotopic (exact) mass is 298 g/mol. The summed E-state index contributed by atoms with van der Waals surface area (Å²) in [6.07, 6.45) is 1.74. The van der Waals surface area contributed by atoms with Crippen LogP contribution < -0.4 is 0 Å². The van der Waals surface area contributed by atoms with Crippen LogP contribution in [-0.4, -0.2) is 23.9 Å². The molecule has 0 bridgehead atoms. The van der Waals surface area contributed by atoms with Crippen molar-refractivity contribution in [3.05, 3.63) is 46.3 Å². The molecule has 0 saturated heterocycles. The number of benzene rings is 1.